The molecule has 1 N–H and O–H groups in total. The van der Waals surface area contributed by atoms with Gasteiger partial charge >= 0.3 is 11.9 Å². The van der Waals surface area contributed by atoms with Crippen molar-refractivity contribution < 1.29 is 28.2 Å². The van der Waals surface area contributed by atoms with Gasteiger partial charge in [-0.3, -0.25) is 0 Å². The first-order chi connectivity index (χ1) is 8.93. The first-order valence-corrected chi connectivity index (χ1v) is 5.89. The molecule has 6 heteroatoms. The average Bonchev–Trinajstić information content (AvgIpc) is 2.39. The lowest BCUT2D eigenvalue weighted by molar-refractivity contribution is -0.189. The van der Waals surface area contributed by atoms with Crippen molar-refractivity contribution in [2.24, 2.45) is 0 Å². The Morgan fingerprint density at radius 1 is 1.26 bits per heavy atom. The Bertz CT molecular complexity index is 417. The number of hydrogen-bond donors (Lipinski definition) is 1. The molecule has 0 aliphatic rings. The van der Waals surface area contributed by atoms with Crippen LogP contribution < -0.4 is 4.74 Å². The Morgan fingerprint density at radius 2 is 1.84 bits per heavy atom. The molecule has 0 radical (unpaired) electrons. The van der Waals surface area contributed by atoms with Crippen LogP contribution in [0.25, 0.3) is 0 Å². The fraction of sp³-hybridized carbons (Fsp3) is 0.462. The van der Waals surface area contributed by atoms with Crippen LogP contribution in [0.4, 0.5) is 8.78 Å². The van der Waals surface area contributed by atoms with Gasteiger partial charge in [-0.1, -0.05) is 12.1 Å². The molecule has 0 saturated heterocycles. The maximum absolute atomic E-state index is 13.6. The largest absolute Gasteiger partial charge is 0.494 e. The second kappa shape index (κ2) is 6.47. The van der Waals surface area contributed by atoms with Crippen molar-refractivity contribution >= 4 is 5.97 Å². The minimum Gasteiger partial charge on any atom is -0.494 e. The number of rotatable bonds is 6. The molecule has 0 aliphatic heterocycles. The minimum absolute atomic E-state index is 0.0819. The lowest BCUT2D eigenvalue weighted by atomic mass is 10.0. The molecule has 106 valence electrons. The van der Waals surface area contributed by atoms with Crippen molar-refractivity contribution in [1.29, 1.82) is 0 Å². The van der Waals surface area contributed by atoms with Crippen molar-refractivity contribution in [2.75, 3.05) is 13.2 Å². The fourth-order valence-corrected chi connectivity index (χ4v) is 1.46. The van der Waals surface area contributed by atoms with Gasteiger partial charge in [0.05, 0.1) is 13.2 Å². The third kappa shape index (κ3) is 3.64. The predicted octanol–water partition coefficient (Wildman–Crippen LogP) is 2.32. The van der Waals surface area contributed by atoms with Gasteiger partial charge < -0.3 is 14.6 Å². The maximum Gasteiger partial charge on any atom is 0.380 e. The van der Waals surface area contributed by atoms with Gasteiger partial charge in [0.25, 0.3) is 0 Å². The number of esters is 1. The van der Waals surface area contributed by atoms with Gasteiger partial charge in [0.1, 0.15) is 5.75 Å². The van der Waals surface area contributed by atoms with E-state index in [0.29, 0.717) is 12.4 Å². The monoisotopic (exact) mass is 274 g/mol. The second-order valence-electron chi connectivity index (χ2n) is 3.75. The quantitative estimate of drug-likeness (QED) is 0.809. The highest BCUT2D eigenvalue weighted by Gasteiger charge is 2.48. The summed E-state index contributed by atoms with van der Waals surface area (Å²) < 4.78 is 36.5. The number of aliphatic hydroxyl groups excluding tert-OH is 1. The van der Waals surface area contributed by atoms with Crippen LogP contribution in [0.15, 0.2) is 24.3 Å². The molecular weight excluding hydrogens is 258 g/mol. The van der Waals surface area contributed by atoms with Crippen LogP contribution in [0, 0.1) is 0 Å². The molecule has 0 bridgehead atoms. The molecule has 0 aromatic heterocycles. The molecule has 1 unspecified atom stereocenters. The smallest absolute Gasteiger partial charge is 0.380 e. The van der Waals surface area contributed by atoms with Gasteiger partial charge in [0, 0.05) is 0 Å². The first-order valence-electron chi connectivity index (χ1n) is 5.89. The topological polar surface area (TPSA) is 55.8 Å². The summed E-state index contributed by atoms with van der Waals surface area (Å²) in [7, 11) is 0. The van der Waals surface area contributed by atoms with Crippen LogP contribution in [-0.2, 0) is 9.53 Å². The van der Waals surface area contributed by atoms with Gasteiger partial charge in [-0.15, -0.1) is 0 Å². The lowest BCUT2D eigenvalue weighted by Crippen LogP contribution is -2.37. The molecule has 0 amide bonds. The summed E-state index contributed by atoms with van der Waals surface area (Å²) >= 11 is 0. The highest BCUT2D eigenvalue weighted by molar-refractivity contribution is 5.78. The number of hydrogen-bond acceptors (Lipinski definition) is 4. The third-order valence-corrected chi connectivity index (χ3v) is 2.40. The van der Waals surface area contributed by atoms with E-state index in [1.807, 2.05) is 0 Å². The van der Waals surface area contributed by atoms with E-state index in [1.54, 1.807) is 6.92 Å². The zero-order chi connectivity index (χ0) is 14.5. The Labute approximate surface area is 109 Å². The van der Waals surface area contributed by atoms with E-state index in [0.717, 1.165) is 0 Å². The predicted molar refractivity (Wildman–Crippen MR) is 64.2 cm³/mol. The number of aliphatic hydroxyl groups is 1. The van der Waals surface area contributed by atoms with Gasteiger partial charge in [-0.2, -0.15) is 8.78 Å². The molecule has 4 nitrogen and oxygen atoms in total. The van der Waals surface area contributed by atoms with Gasteiger partial charge in [-0.05, 0) is 31.5 Å². The highest BCUT2D eigenvalue weighted by atomic mass is 19.3. The summed E-state index contributed by atoms with van der Waals surface area (Å²) in [5.74, 6) is -5.22. The molecule has 0 heterocycles. The summed E-state index contributed by atoms with van der Waals surface area (Å²) in [5, 5.41) is 9.57. The standard InChI is InChI=1S/C13H16F2O4/c1-3-18-10-7-5-9(6-8-10)11(16)13(14,15)12(17)19-4-2/h5-8,11,16H,3-4H2,1-2H3. The van der Waals surface area contributed by atoms with Crippen LogP contribution in [0.2, 0.25) is 0 Å². The zero-order valence-corrected chi connectivity index (χ0v) is 10.7. The van der Waals surface area contributed by atoms with Crippen molar-refractivity contribution in [3.05, 3.63) is 29.8 Å². The Hall–Kier alpha value is -1.69. The first kappa shape index (κ1) is 15.4. The number of carbonyl (C=O) groups excluding carboxylic acids is 1. The zero-order valence-electron chi connectivity index (χ0n) is 10.7. The number of carbonyl (C=O) groups is 1. The summed E-state index contributed by atoms with van der Waals surface area (Å²) in [5.41, 5.74) is -0.0819. The van der Waals surface area contributed by atoms with Crippen LogP contribution >= 0.6 is 0 Å². The normalized spacial score (nSPS) is 12.9. The van der Waals surface area contributed by atoms with Crippen LogP contribution in [0.5, 0.6) is 5.75 Å². The highest BCUT2D eigenvalue weighted by Crippen LogP contribution is 2.33. The van der Waals surface area contributed by atoms with E-state index in [2.05, 4.69) is 4.74 Å². The van der Waals surface area contributed by atoms with E-state index in [-0.39, 0.29) is 12.2 Å². The SMILES string of the molecule is CCOC(=O)C(F)(F)C(O)c1ccc(OCC)cc1. The minimum atomic E-state index is -3.98. The maximum atomic E-state index is 13.6. The molecule has 0 aliphatic carbocycles. The van der Waals surface area contributed by atoms with E-state index in [1.165, 1.54) is 31.2 Å². The van der Waals surface area contributed by atoms with Crippen molar-refractivity contribution in [3.8, 4) is 5.75 Å². The summed E-state index contributed by atoms with van der Waals surface area (Å²) in [6.45, 7) is 3.47. The molecular formula is C13H16F2O4. The number of alkyl halides is 2. The number of ether oxygens (including phenoxy) is 2. The molecule has 19 heavy (non-hydrogen) atoms. The second-order valence-corrected chi connectivity index (χ2v) is 3.75. The van der Waals surface area contributed by atoms with Crippen molar-refractivity contribution in [2.45, 2.75) is 25.9 Å². The van der Waals surface area contributed by atoms with Gasteiger partial charge in [0.15, 0.2) is 6.10 Å². The van der Waals surface area contributed by atoms with Gasteiger partial charge in [-0.25, -0.2) is 4.79 Å². The van der Waals surface area contributed by atoms with E-state index in [9.17, 15) is 18.7 Å². The van der Waals surface area contributed by atoms with Gasteiger partial charge in [0.2, 0.25) is 0 Å². The van der Waals surface area contributed by atoms with Crippen molar-refractivity contribution in [3.63, 3.8) is 0 Å². The molecule has 1 rings (SSSR count). The molecule has 1 atom stereocenters. The summed E-state index contributed by atoms with van der Waals surface area (Å²) in [6, 6.07) is 5.46. The molecule has 0 fully saturated rings. The Balaban J connectivity index is 2.86. The number of benzene rings is 1. The Morgan fingerprint density at radius 3 is 2.32 bits per heavy atom. The molecule has 0 spiro atoms. The van der Waals surface area contributed by atoms with Crippen molar-refractivity contribution in [1.82, 2.24) is 0 Å². The Kier molecular flexibility index (Phi) is 5.23. The van der Waals surface area contributed by atoms with E-state index in [4.69, 9.17) is 4.74 Å². The molecule has 1 aromatic rings. The van der Waals surface area contributed by atoms with Crippen LogP contribution in [0.3, 0.4) is 0 Å². The van der Waals surface area contributed by atoms with Crippen LogP contribution in [-0.4, -0.2) is 30.2 Å². The van der Waals surface area contributed by atoms with Crippen LogP contribution in [0.1, 0.15) is 25.5 Å². The summed E-state index contributed by atoms with van der Waals surface area (Å²) in [6.07, 6.45) is -2.25. The summed E-state index contributed by atoms with van der Waals surface area (Å²) in [4.78, 5) is 11.1. The van der Waals surface area contributed by atoms with E-state index < -0.39 is 18.0 Å². The molecule has 1 aromatic carbocycles. The third-order valence-electron chi connectivity index (χ3n) is 2.40. The lowest BCUT2D eigenvalue weighted by Gasteiger charge is -2.21. The fourth-order valence-electron chi connectivity index (χ4n) is 1.46. The number of halogens is 2. The van der Waals surface area contributed by atoms with E-state index >= 15 is 0 Å². The average molecular weight is 274 g/mol. The molecule has 0 saturated carbocycles.